The maximum absolute atomic E-state index is 12.0. The number of carbonyl (C=O) groups is 1. The van der Waals surface area contributed by atoms with Crippen molar-refractivity contribution in [1.29, 1.82) is 0 Å². The molecule has 0 unspecified atom stereocenters. The molecule has 0 bridgehead atoms. The van der Waals surface area contributed by atoms with Gasteiger partial charge in [-0.05, 0) is 42.8 Å². The van der Waals surface area contributed by atoms with Crippen molar-refractivity contribution in [3.63, 3.8) is 0 Å². The number of aryl methyl sites for hydroxylation is 1. The van der Waals surface area contributed by atoms with E-state index in [1.165, 1.54) is 0 Å². The Morgan fingerprint density at radius 1 is 1.04 bits per heavy atom. The highest BCUT2D eigenvalue weighted by Gasteiger charge is 2.07. The third-order valence-electron chi connectivity index (χ3n) is 4.00. The summed E-state index contributed by atoms with van der Waals surface area (Å²) in [6, 6.07) is 19.4. The zero-order valence-electron chi connectivity index (χ0n) is 15.4. The van der Waals surface area contributed by atoms with E-state index in [4.69, 9.17) is 9.47 Å². The highest BCUT2D eigenvalue weighted by atomic mass is 16.5. The highest BCUT2D eigenvalue weighted by Crippen LogP contribution is 2.26. The number of hydrazone groups is 1. The Balaban J connectivity index is 1.67. The summed E-state index contributed by atoms with van der Waals surface area (Å²) in [4.78, 5) is 12.0. The Kier molecular flexibility index (Phi) is 6.05. The van der Waals surface area contributed by atoms with Gasteiger partial charge in [0.2, 0.25) is 0 Å². The van der Waals surface area contributed by atoms with Gasteiger partial charge in [0.1, 0.15) is 11.5 Å². The summed E-state index contributed by atoms with van der Waals surface area (Å²) in [7, 11) is 0. The van der Waals surface area contributed by atoms with Gasteiger partial charge in [0.15, 0.2) is 6.61 Å². The predicted molar refractivity (Wildman–Crippen MR) is 108 cm³/mol. The second-order valence-electron chi connectivity index (χ2n) is 6.03. The molecular formula is C22H22N2O3. The molecule has 1 amide bonds. The second kappa shape index (κ2) is 8.85. The number of ether oxygens (including phenoxy) is 2. The number of hydrogen-bond acceptors (Lipinski definition) is 4. The molecule has 1 N–H and O–H groups in total. The van der Waals surface area contributed by atoms with Crippen molar-refractivity contribution in [1.82, 2.24) is 5.43 Å². The van der Waals surface area contributed by atoms with Crippen LogP contribution in [0.2, 0.25) is 0 Å². The van der Waals surface area contributed by atoms with Crippen LogP contribution in [0.15, 0.2) is 65.8 Å². The number of hydrogen-bond donors (Lipinski definition) is 1. The number of benzene rings is 3. The van der Waals surface area contributed by atoms with E-state index >= 15 is 0 Å². The first-order chi connectivity index (χ1) is 13.2. The number of carbonyl (C=O) groups excluding carboxylic acids is 1. The predicted octanol–water partition coefficient (Wildman–Crippen LogP) is 4.08. The smallest absolute Gasteiger partial charge is 0.277 e. The Morgan fingerprint density at radius 2 is 1.81 bits per heavy atom. The van der Waals surface area contributed by atoms with Gasteiger partial charge in [0, 0.05) is 5.56 Å². The molecule has 3 rings (SSSR count). The Morgan fingerprint density at radius 3 is 2.59 bits per heavy atom. The minimum Gasteiger partial charge on any atom is -0.493 e. The number of amides is 1. The monoisotopic (exact) mass is 362 g/mol. The minimum atomic E-state index is -0.329. The molecule has 3 aromatic carbocycles. The molecule has 0 aliphatic carbocycles. The average Bonchev–Trinajstić information content (AvgIpc) is 2.69. The van der Waals surface area contributed by atoms with Crippen molar-refractivity contribution in [2.75, 3.05) is 13.2 Å². The van der Waals surface area contributed by atoms with Crippen molar-refractivity contribution in [3.05, 3.63) is 71.8 Å². The lowest BCUT2D eigenvalue weighted by molar-refractivity contribution is -0.123. The third-order valence-corrected chi connectivity index (χ3v) is 4.00. The van der Waals surface area contributed by atoms with E-state index in [0.29, 0.717) is 12.4 Å². The Hall–Kier alpha value is -3.34. The molecule has 0 fully saturated rings. The Bertz CT molecular complexity index is 949. The van der Waals surface area contributed by atoms with Crippen LogP contribution in [0.5, 0.6) is 11.5 Å². The summed E-state index contributed by atoms with van der Waals surface area (Å²) in [5, 5.41) is 6.17. The fourth-order valence-corrected chi connectivity index (χ4v) is 2.67. The topological polar surface area (TPSA) is 59.9 Å². The largest absolute Gasteiger partial charge is 0.493 e. The summed E-state index contributed by atoms with van der Waals surface area (Å²) >= 11 is 0. The van der Waals surface area contributed by atoms with E-state index in [1.807, 2.05) is 74.5 Å². The van der Waals surface area contributed by atoms with Gasteiger partial charge in [-0.1, -0.05) is 48.0 Å². The highest BCUT2D eigenvalue weighted by molar-refractivity contribution is 6.02. The average molecular weight is 362 g/mol. The lowest BCUT2D eigenvalue weighted by atomic mass is 10.0. The van der Waals surface area contributed by atoms with Gasteiger partial charge < -0.3 is 9.47 Å². The first-order valence-electron chi connectivity index (χ1n) is 8.83. The first kappa shape index (κ1) is 18.5. The molecule has 0 heterocycles. The van der Waals surface area contributed by atoms with Gasteiger partial charge >= 0.3 is 0 Å². The van der Waals surface area contributed by atoms with Crippen molar-refractivity contribution < 1.29 is 14.3 Å². The fraction of sp³-hybridized carbons (Fsp3) is 0.182. The van der Waals surface area contributed by atoms with Crippen molar-refractivity contribution in [3.8, 4) is 11.5 Å². The van der Waals surface area contributed by atoms with Crippen LogP contribution < -0.4 is 14.9 Å². The zero-order valence-corrected chi connectivity index (χ0v) is 15.4. The van der Waals surface area contributed by atoms with Gasteiger partial charge in [-0.3, -0.25) is 4.79 Å². The van der Waals surface area contributed by atoms with Crippen LogP contribution in [0.1, 0.15) is 18.1 Å². The van der Waals surface area contributed by atoms with E-state index in [0.717, 1.165) is 27.6 Å². The lowest BCUT2D eigenvalue weighted by Crippen LogP contribution is -2.24. The quantitative estimate of drug-likeness (QED) is 0.509. The molecule has 5 nitrogen and oxygen atoms in total. The molecule has 0 aliphatic rings. The van der Waals surface area contributed by atoms with Crippen LogP contribution >= 0.6 is 0 Å². The molecule has 0 atom stereocenters. The summed E-state index contributed by atoms with van der Waals surface area (Å²) < 4.78 is 11.1. The molecule has 0 saturated carbocycles. The number of fused-ring (bicyclic) bond motifs is 1. The van der Waals surface area contributed by atoms with E-state index in [2.05, 4.69) is 10.5 Å². The van der Waals surface area contributed by atoms with Crippen molar-refractivity contribution in [2.45, 2.75) is 13.8 Å². The van der Waals surface area contributed by atoms with Crippen LogP contribution in [0.3, 0.4) is 0 Å². The summed E-state index contributed by atoms with van der Waals surface area (Å²) in [5.74, 6) is 1.04. The Labute approximate surface area is 158 Å². The SMILES string of the molecule is CCOc1ccc2ccccc2c1/C=N/NC(=O)COc1ccc(C)cc1. The second-order valence-corrected chi connectivity index (χ2v) is 6.03. The number of rotatable bonds is 7. The van der Waals surface area contributed by atoms with Crippen LogP contribution in [-0.4, -0.2) is 25.3 Å². The molecule has 0 aromatic heterocycles. The molecule has 27 heavy (non-hydrogen) atoms. The van der Waals surface area contributed by atoms with E-state index in [1.54, 1.807) is 6.21 Å². The molecule has 0 aliphatic heterocycles. The van der Waals surface area contributed by atoms with Gasteiger partial charge in [-0.2, -0.15) is 5.10 Å². The zero-order chi connectivity index (χ0) is 19.1. The maximum Gasteiger partial charge on any atom is 0.277 e. The molecule has 138 valence electrons. The number of nitrogens with one attached hydrogen (secondary N) is 1. The maximum atomic E-state index is 12.0. The fourth-order valence-electron chi connectivity index (χ4n) is 2.67. The van der Waals surface area contributed by atoms with Crippen LogP contribution in [0.4, 0.5) is 0 Å². The lowest BCUT2D eigenvalue weighted by Gasteiger charge is -2.10. The minimum absolute atomic E-state index is 0.103. The van der Waals surface area contributed by atoms with Crippen molar-refractivity contribution >= 4 is 22.9 Å². The molecular weight excluding hydrogens is 340 g/mol. The van der Waals surface area contributed by atoms with Crippen LogP contribution in [0, 0.1) is 6.92 Å². The van der Waals surface area contributed by atoms with E-state index < -0.39 is 0 Å². The third kappa shape index (κ3) is 4.85. The molecule has 3 aromatic rings. The van der Waals surface area contributed by atoms with Gasteiger partial charge in [-0.15, -0.1) is 0 Å². The van der Waals surface area contributed by atoms with Gasteiger partial charge in [0.25, 0.3) is 5.91 Å². The molecule has 0 spiro atoms. The normalized spacial score (nSPS) is 10.9. The van der Waals surface area contributed by atoms with Gasteiger partial charge in [-0.25, -0.2) is 5.43 Å². The number of nitrogens with zero attached hydrogens (tertiary/aromatic N) is 1. The molecule has 0 saturated heterocycles. The van der Waals surface area contributed by atoms with Crippen molar-refractivity contribution in [2.24, 2.45) is 5.10 Å². The van der Waals surface area contributed by atoms with E-state index in [9.17, 15) is 4.79 Å². The van der Waals surface area contributed by atoms with Crippen LogP contribution in [-0.2, 0) is 4.79 Å². The molecule has 0 radical (unpaired) electrons. The van der Waals surface area contributed by atoms with E-state index in [-0.39, 0.29) is 12.5 Å². The first-order valence-corrected chi connectivity index (χ1v) is 8.83. The summed E-state index contributed by atoms with van der Waals surface area (Å²) in [6.45, 7) is 4.37. The molecule has 5 heteroatoms. The summed E-state index contributed by atoms with van der Waals surface area (Å²) in [6.07, 6.45) is 1.61. The van der Waals surface area contributed by atoms with Gasteiger partial charge in [0.05, 0.1) is 12.8 Å². The summed E-state index contributed by atoms with van der Waals surface area (Å²) in [5.41, 5.74) is 4.46. The standard InChI is InChI=1S/C22H22N2O3/c1-3-26-21-13-10-17-6-4-5-7-19(17)20(21)14-23-24-22(25)15-27-18-11-8-16(2)9-12-18/h4-14H,3,15H2,1-2H3,(H,24,25)/b23-14+. The van der Waals surface area contributed by atoms with Crippen LogP contribution in [0.25, 0.3) is 10.8 Å².